The van der Waals surface area contributed by atoms with Crippen LogP contribution in [0.2, 0.25) is 0 Å². The second-order valence-electron chi connectivity index (χ2n) is 9.49. The van der Waals surface area contributed by atoms with E-state index in [1.54, 1.807) is 13.2 Å². The highest BCUT2D eigenvalue weighted by molar-refractivity contribution is 5.83. The molecule has 0 atom stereocenters. The number of fused-ring (bicyclic) bond motifs is 1. The number of piperazine rings is 1. The van der Waals surface area contributed by atoms with Gasteiger partial charge in [-0.1, -0.05) is 12.1 Å². The highest BCUT2D eigenvalue weighted by Gasteiger charge is 2.23. The molecule has 2 fully saturated rings. The highest BCUT2D eigenvalue weighted by Crippen LogP contribution is 2.29. The predicted octanol–water partition coefficient (Wildman–Crippen LogP) is 4.39. The van der Waals surface area contributed by atoms with E-state index in [4.69, 9.17) is 4.74 Å². The summed E-state index contributed by atoms with van der Waals surface area (Å²) in [7, 11) is 1.75. The molecule has 0 radical (unpaired) electrons. The Hall–Kier alpha value is -2.57. The van der Waals surface area contributed by atoms with E-state index in [0.29, 0.717) is 5.92 Å². The highest BCUT2D eigenvalue weighted by atomic mass is 19.1. The molecule has 3 heterocycles. The number of hydrogen-bond acceptors (Lipinski definition) is 4. The molecule has 6 heteroatoms. The number of para-hydroxylation sites is 2. The Morgan fingerprint density at radius 2 is 1.67 bits per heavy atom. The van der Waals surface area contributed by atoms with Crippen molar-refractivity contribution in [2.24, 2.45) is 5.92 Å². The van der Waals surface area contributed by atoms with Gasteiger partial charge in [0.15, 0.2) is 0 Å². The molecule has 176 valence electrons. The SMILES string of the molecule is COc1ccccc1N1CCN(CCN2CCC(Cc3c[nH]c4ccc(F)cc34)CC2)CC1. The number of benzene rings is 2. The zero-order valence-electron chi connectivity index (χ0n) is 19.6. The third kappa shape index (κ3) is 5.17. The minimum atomic E-state index is -0.151. The van der Waals surface area contributed by atoms with Crippen molar-refractivity contribution >= 4 is 16.6 Å². The van der Waals surface area contributed by atoms with Crippen molar-refractivity contribution in [2.75, 3.05) is 64.4 Å². The quantitative estimate of drug-likeness (QED) is 0.579. The van der Waals surface area contributed by atoms with Gasteiger partial charge in [0, 0.05) is 56.4 Å². The first kappa shape index (κ1) is 22.2. The number of anilines is 1. The van der Waals surface area contributed by atoms with Crippen LogP contribution >= 0.6 is 0 Å². The van der Waals surface area contributed by atoms with Gasteiger partial charge in [0.25, 0.3) is 0 Å². The molecule has 2 aliphatic rings. The number of likely N-dealkylation sites (tertiary alicyclic amines) is 1. The molecule has 0 spiro atoms. The van der Waals surface area contributed by atoms with Crippen LogP contribution in [-0.4, -0.2) is 74.3 Å². The number of ether oxygens (including phenoxy) is 1. The molecule has 1 N–H and O–H groups in total. The van der Waals surface area contributed by atoms with Gasteiger partial charge in [0.2, 0.25) is 0 Å². The van der Waals surface area contributed by atoms with Gasteiger partial charge in [-0.2, -0.15) is 0 Å². The van der Waals surface area contributed by atoms with E-state index in [1.807, 2.05) is 18.2 Å². The van der Waals surface area contributed by atoms with Gasteiger partial charge in [-0.25, -0.2) is 4.39 Å². The van der Waals surface area contributed by atoms with Crippen molar-refractivity contribution in [3.05, 3.63) is 60.0 Å². The Kier molecular flexibility index (Phi) is 6.83. The van der Waals surface area contributed by atoms with E-state index in [2.05, 4.69) is 38.0 Å². The second-order valence-corrected chi connectivity index (χ2v) is 9.49. The van der Waals surface area contributed by atoms with E-state index in [-0.39, 0.29) is 5.82 Å². The third-order valence-electron chi connectivity index (χ3n) is 7.48. The molecule has 0 unspecified atom stereocenters. The van der Waals surface area contributed by atoms with Crippen molar-refractivity contribution in [3.63, 3.8) is 0 Å². The van der Waals surface area contributed by atoms with Crippen molar-refractivity contribution < 1.29 is 9.13 Å². The molecule has 2 aliphatic heterocycles. The number of nitrogens with zero attached hydrogens (tertiary/aromatic N) is 3. The summed E-state index contributed by atoms with van der Waals surface area (Å²) in [6, 6.07) is 13.4. The number of rotatable bonds is 7. The molecule has 2 saturated heterocycles. The predicted molar refractivity (Wildman–Crippen MR) is 133 cm³/mol. The Labute approximate surface area is 196 Å². The molecule has 3 aromatic rings. The normalized spacial score (nSPS) is 18.8. The van der Waals surface area contributed by atoms with Gasteiger partial charge in [-0.15, -0.1) is 0 Å². The first-order valence-corrected chi connectivity index (χ1v) is 12.3. The number of methoxy groups -OCH3 is 1. The van der Waals surface area contributed by atoms with Gasteiger partial charge < -0.3 is 19.5 Å². The average Bonchev–Trinajstić information content (AvgIpc) is 3.25. The van der Waals surface area contributed by atoms with Crippen molar-refractivity contribution in [1.29, 1.82) is 0 Å². The number of H-pyrrole nitrogens is 1. The average molecular weight is 451 g/mol. The maximum Gasteiger partial charge on any atom is 0.142 e. The zero-order valence-corrected chi connectivity index (χ0v) is 19.6. The molecule has 0 bridgehead atoms. The maximum absolute atomic E-state index is 13.7. The Balaban J connectivity index is 1.05. The number of hydrogen-bond donors (Lipinski definition) is 1. The first-order valence-electron chi connectivity index (χ1n) is 12.3. The van der Waals surface area contributed by atoms with Gasteiger partial charge in [-0.3, -0.25) is 4.90 Å². The zero-order chi connectivity index (χ0) is 22.6. The van der Waals surface area contributed by atoms with E-state index < -0.39 is 0 Å². The smallest absolute Gasteiger partial charge is 0.142 e. The summed E-state index contributed by atoms with van der Waals surface area (Å²) in [5.41, 5.74) is 3.50. The summed E-state index contributed by atoms with van der Waals surface area (Å²) in [5.74, 6) is 1.50. The largest absolute Gasteiger partial charge is 0.495 e. The van der Waals surface area contributed by atoms with E-state index >= 15 is 0 Å². The summed E-state index contributed by atoms with van der Waals surface area (Å²) in [6.45, 7) is 8.94. The van der Waals surface area contributed by atoms with Gasteiger partial charge >= 0.3 is 0 Å². The van der Waals surface area contributed by atoms with E-state index in [9.17, 15) is 4.39 Å². The third-order valence-corrected chi connectivity index (χ3v) is 7.48. The fourth-order valence-electron chi connectivity index (χ4n) is 5.43. The van der Waals surface area contributed by atoms with Crippen LogP contribution < -0.4 is 9.64 Å². The summed E-state index contributed by atoms with van der Waals surface area (Å²) in [6.07, 6.45) is 5.57. The molecule has 5 rings (SSSR count). The van der Waals surface area contributed by atoms with Crippen LogP contribution in [0.5, 0.6) is 5.75 Å². The van der Waals surface area contributed by atoms with Gasteiger partial charge in [0.05, 0.1) is 12.8 Å². The van der Waals surface area contributed by atoms with Gasteiger partial charge in [-0.05, 0) is 74.2 Å². The number of aromatic nitrogens is 1. The molecular weight excluding hydrogens is 415 g/mol. The molecule has 33 heavy (non-hydrogen) atoms. The summed E-state index contributed by atoms with van der Waals surface area (Å²) >= 11 is 0. The van der Waals surface area contributed by atoms with Crippen molar-refractivity contribution in [1.82, 2.24) is 14.8 Å². The Morgan fingerprint density at radius 3 is 2.42 bits per heavy atom. The number of nitrogens with one attached hydrogen (secondary N) is 1. The monoisotopic (exact) mass is 450 g/mol. The molecule has 5 nitrogen and oxygen atoms in total. The van der Waals surface area contributed by atoms with Crippen LogP contribution in [0.25, 0.3) is 10.9 Å². The van der Waals surface area contributed by atoms with Crippen LogP contribution in [0.3, 0.4) is 0 Å². The number of aromatic amines is 1. The van der Waals surface area contributed by atoms with Crippen LogP contribution in [0, 0.1) is 11.7 Å². The Bertz CT molecular complexity index is 1050. The molecule has 0 aliphatic carbocycles. The van der Waals surface area contributed by atoms with Crippen molar-refractivity contribution in [2.45, 2.75) is 19.3 Å². The molecule has 2 aromatic carbocycles. The Morgan fingerprint density at radius 1 is 0.939 bits per heavy atom. The lowest BCUT2D eigenvalue weighted by Crippen LogP contribution is -2.49. The molecular formula is C27H35FN4O. The second kappa shape index (κ2) is 10.1. The van der Waals surface area contributed by atoms with Crippen LogP contribution in [0.1, 0.15) is 18.4 Å². The molecule has 1 aromatic heterocycles. The number of halogens is 1. The molecule has 0 saturated carbocycles. The number of piperidine rings is 1. The summed E-state index contributed by atoms with van der Waals surface area (Å²) in [5, 5.41) is 1.05. The van der Waals surface area contributed by atoms with Gasteiger partial charge in [0.1, 0.15) is 11.6 Å². The fraction of sp³-hybridized carbons (Fsp3) is 0.481. The lowest BCUT2D eigenvalue weighted by Gasteiger charge is -2.38. The lowest BCUT2D eigenvalue weighted by atomic mass is 9.90. The maximum atomic E-state index is 13.7. The van der Waals surface area contributed by atoms with E-state index in [1.165, 1.54) is 43.2 Å². The van der Waals surface area contributed by atoms with Crippen LogP contribution in [0.15, 0.2) is 48.7 Å². The fourth-order valence-corrected chi connectivity index (χ4v) is 5.43. The van der Waals surface area contributed by atoms with E-state index in [0.717, 1.165) is 62.3 Å². The lowest BCUT2D eigenvalue weighted by molar-refractivity contribution is 0.152. The molecule has 0 amide bonds. The van der Waals surface area contributed by atoms with Crippen molar-refractivity contribution in [3.8, 4) is 5.75 Å². The minimum absolute atomic E-state index is 0.151. The topological polar surface area (TPSA) is 34.7 Å². The first-order chi connectivity index (χ1) is 16.2. The standard InChI is InChI=1S/C27H35FN4O/c1-33-27-5-3-2-4-26(27)32-16-14-31(15-17-32)13-12-30-10-8-21(9-11-30)18-22-20-29-25-7-6-23(28)19-24(22)25/h2-7,19-21,29H,8-18H2,1H3. The summed E-state index contributed by atoms with van der Waals surface area (Å²) < 4.78 is 19.2. The summed E-state index contributed by atoms with van der Waals surface area (Å²) in [4.78, 5) is 11.0. The minimum Gasteiger partial charge on any atom is -0.495 e. The van der Waals surface area contributed by atoms with Crippen LogP contribution in [0.4, 0.5) is 10.1 Å². The van der Waals surface area contributed by atoms with Crippen LogP contribution in [-0.2, 0) is 6.42 Å².